The van der Waals surface area contributed by atoms with Crippen molar-refractivity contribution in [2.45, 2.75) is 11.0 Å². The standard InChI is InChI=1S/C17H16FNO5S2/c1-23-16-3-2-12(18)8-17(16)26(21,22)19-9-13(20)15-5-4-14(24-15)11-6-7-25-10-11/h2-8,10,13,19-20H,9H2,1H3/t13-/m0/s1. The Morgan fingerprint density at radius 1 is 1.31 bits per heavy atom. The highest BCUT2D eigenvalue weighted by Gasteiger charge is 2.23. The third-order valence-corrected chi connectivity index (χ3v) is 5.77. The Hall–Kier alpha value is -2.20. The number of ether oxygens (including phenoxy) is 1. The monoisotopic (exact) mass is 397 g/mol. The Kier molecular flexibility index (Phi) is 5.42. The van der Waals surface area contributed by atoms with Crippen LogP contribution in [0.5, 0.6) is 5.75 Å². The van der Waals surface area contributed by atoms with E-state index in [4.69, 9.17) is 9.15 Å². The van der Waals surface area contributed by atoms with E-state index in [1.807, 2.05) is 16.8 Å². The quantitative estimate of drug-likeness (QED) is 0.639. The smallest absolute Gasteiger partial charge is 0.244 e. The van der Waals surface area contributed by atoms with Crippen LogP contribution in [0.3, 0.4) is 0 Å². The molecule has 3 aromatic rings. The molecule has 26 heavy (non-hydrogen) atoms. The number of aliphatic hydroxyl groups is 1. The second-order valence-corrected chi connectivity index (χ2v) is 7.89. The van der Waals surface area contributed by atoms with E-state index >= 15 is 0 Å². The van der Waals surface area contributed by atoms with E-state index in [1.165, 1.54) is 24.5 Å². The number of thiophene rings is 1. The second kappa shape index (κ2) is 7.58. The van der Waals surface area contributed by atoms with Gasteiger partial charge in [0.1, 0.15) is 34.1 Å². The molecule has 6 nitrogen and oxygen atoms in total. The van der Waals surface area contributed by atoms with Gasteiger partial charge >= 0.3 is 0 Å². The summed E-state index contributed by atoms with van der Waals surface area (Å²) < 4.78 is 50.9. The number of furan rings is 1. The molecule has 0 saturated carbocycles. The SMILES string of the molecule is COc1ccc(F)cc1S(=O)(=O)NC[C@H](O)c1ccc(-c2ccsc2)o1. The number of rotatable bonds is 7. The van der Waals surface area contributed by atoms with Crippen LogP contribution in [0.4, 0.5) is 4.39 Å². The molecule has 0 bridgehead atoms. The topological polar surface area (TPSA) is 88.8 Å². The Morgan fingerprint density at radius 3 is 2.81 bits per heavy atom. The number of sulfonamides is 1. The zero-order valence-corrected chi connectivity index (χ0v) is 15.3. The van der Waals surface area contributed by atoms with E-state index < -0.39 is 21.9 Å². The summed E-state index contributed by atoms with van der Waals surface area (Å²) >= 11 is 1.51. The molecule has 3 rings (SSSR count). The van der Waals surface area contributed by atoms with Crippen LogP contribution in [0.15, 0.2) is 56.5 Å². The average molecular weight is 397 g/mol. The molecule has 0 unspecified atom stereocenters. The van der Waals surface area contributed by atoms with E-state index in [9.17, 15) is 17.9 Å². The highest BCUT2D eigenvalue weighted by Crippen LogP contribution is 2.28. The van der Waals surface area contributed by atoms with Crippen molar-refractivity contribution in [3.63, 3.8) is 0 Å². The van der Waals surface area contributed by atoms with Crippen LogP contribution in [0, 0.1) is 5.82 Å². The van der Waals surface area contributed by atoms with Crippen molar-refractivity contribution >= 4 is 21.4 Å². The van der Waals surface area contributed by atoms with Crippen molar-refractivity contribution < 1.29 is 27.1 Å². The number of halogens is 1. The largest absolute Gasteiger partial charge is 0.495 e. The normalized spacial score (nSPS) is 12.9. The van der Waals surface area contributed by atoms with Gasteiger partial charge in [-0.15, -0.1) is 0 Å². The molecular formula is C17H16FNO5S2. The summed E-state index contributed by atoms with van der Waals surface area (Å²) in [6.45, 7) is -0.335. The lowest BCUT2D eigenvalue weighted by Crippen LogP contribution is -2.28. The highest BCUT2D eigenvalue weighted by atomic mass is 32.2. The van der Waals surface area contributed by atoms with Crippen LogP contribution in [-0.4, -0.2) is 27.2 Å². The third kappa shape index (κ3) is 3.96. The van der Waals surface area contributed by atoms with Gasteiger partial charge < -0.3 is 14.3 Å². The maximum absolute atomic E-state index is 13.4. The van der Waals surface area contributed by atoms with Gasteiger partial charge in [0.15, 0.2) is 0 Å². The zero-order valence-electron chi connectivity index (χ0n) is 13.7. The summed E-state index contributed by atoms with van der Waals surface area (Å²) in [5.41, 5.74) is 0.874. The van der Waals surface area contributed by atoms with Crippen LogP contribution in [0.1, 0.15) is 11.9 Å². The minimum Gasteiger partial charge on any atom is -0.495 e. The Balaban J connectivity index is 1.73. The van der Waals surface area contributed by atoms with Gasteiger partial charge in [-0.1, -0.05) is 0 Å². The van der Waals surface area contributed by atoms with Crippen molar-refractivity contribution in [2.75, 3.05) is 13.7 Å². The first-order valence-electron chi connectivity index (χ1n) is 7.54. The number of methoxy groups -OCH3 is 1. The second-order valence-electron chi connectivity index (χ2n) is 5.38. The third-order valence-electron chi connectivity index (χ3n) is 3.64. The molecule has 0 saturated heterocycles. The summed E-state index contributed by atoms with van der Waals surface area (Å²) in [5, 5.41) is 14.0. The van der Waals surface area contributed by atoms with Gasteiger partial charge in [0.25, 0.3) is 0 Å². The van der Waals surface area contributed by atoms with E-state index in [0.717, 1.165) is 17.7 Å². The van der Waals surface area contributed by atoms with Crippen LogP contribution < -0.4 is 9.46 Å². The van der Waals surface area contributed by atoms with Crippen molar-refractivity contribution in [2.24, 2.45) is 0 Å². The van der Waals surface area contributed by atoms with Crippen LogP contribution >= 0.6 is 11.3 Å². The molecule has 0 aliphatic rings. The zero-order chi connectivity index (χ0) is 18.7. The van der Waals surface area contributed by atoms with Crippen molar-refractivity contribution in [3.05, 3.63) is 58.7 Å². The maximum atomic E-state index is 13.4. The van der Waals surface area contributed by atoms with Crippen molar-refractivity contribution in [3.8, 4) is 17.1 Å². The summed E-state index contributed by atoms with van der Waals surface area (Å²) in [6.07, 6.45) is -1.20. The van der Waals surface area contributed by atoms with Gasteiger partial charge in [-0.25, -0.2) is 17.5 Å². The Morgan fingerprint density at radius 2 is 2.12 bits per heavy atom. The molecule has 2 aromatic heterocycles. The number of hydrogen-bond donors (Lipinski definition) is 2. The average Bonchev–Trinajstić information content (AvgIpc) is 3.30. The molecule has 0 radical (unpaired) electrons. The van der Waals surface area contributed by atoms with Crippen LogP contribution in [0.2, 0.25) is 0 Å². The molecule has 0 amide bonds. The summed E-state index contributed by atoms with van der Waals surface area (Å²) in [6, 6.07) is 8.33. The number of aliphatic hydroxyl groups excluding tert-OH is 1. The molecular weight excluding hydrogens is 381 g/mol. The molecule has 0 spiro atoms. The number of hydrogen-bond acceptors (Lipinski definition) is 6. The lowest BCUT2D eigenvalue weighted by Gasteiger charge is -2.13. The fraction of sp³-hybridized carbons (Fsp3) is 0.176. The van der Waals surface area contributed by atoms with Gasteiger partial charge in [-0.2, -0.15) is 11.3 Å². The molecule has 0 aliphatic heterocycles. The molecule has 138 valence electrons. The first-order chi connectivity index (χ1) is 12.4. The molecule has 2 heterocycles. The van der Waals surface area contributed by atoms with E-state index in [-0.39, 0.29) is 22.9 Å². The van der Waals surface area contributed by atoms with Crippen molar-refractivity contribution in [1.29, 1.82) is 0 Å². The maximum Gasteiger partial charge on any atom is 0.244 e. The number of benzene rings is 1. The van der Waals surface area contributed by atoms with E-state index in [2.05, 4.69) is 4.72 Å². The van der Waals surface area contributed by atoms with Crippen molar-refractivity contribution in [1.82, 2.24) is 4.72 Å². The van der Waals surface area contributed by atoms with E-state index in [0.29, 0.717) is 5.76 Å². The first-order valence-corrected chi connectivity index (χ1v) is 9.97. The van der Waals surface area contributed by atoms with E-state index in [1.54, 1.807) is 12.1 Å². The first kappa shape index (κ1) is 18.6. The lowest BCUT2D eigenvalue weighted by atomic mass is 10.2. The summed E-state index contributed by atoms with van der Waals surface area (Å²) in [7, 11) is -2.79. The fourth-order valence-corrected chi connectivity index (χ4v) is 4.18. The summed E-state index contributed by atoms with van der Waals surface area (Å²) in [5.74, 6) is 0.0966. The van der Waals surface area contributed by atoms with Gasteiger partial charge in [-0.3, -0.25) is 0 Å². The van der Waals surface area contributed by atoms with Gasteiger partial charge in [0.2, 0.25) is 10.0 Å². The predicted molar refractivity (Wildman–Crippen MR) is 95.1 cm³/mol. The highest BCUT2D eigenvalue weighted by molar-refractivity contribution is 7.89. The fourth-order valence-electron chi connectivity index (χ4n) is 2.32. The molecule has 0 fully saturated rings. The van der Waals surface area contributed by atoms with Crippen LogP contribution in [0.25, 0.3) is 11.3 Å². The molecule has 2 N–H and O–H groups in total. The molecule has 1 atom stereocenters. The molecule has 9 heteroatoms. The summed E-state index contributed by atoms with van der Waals surface area (Å²) in [4.78, 5) is -0.342. The minimum absolute atomic E-state index is 0.00568. The lowest BCUT2D eigenvalue weighted by molar-refractivity contribution is 0.155. The van der Waals surface area contributed by atoms with Gasteiger partial charge in [0.05, 0.1) is 7.11 Å². The molecule has 0 aliphatic carbocycles. The Labute approximate surface area is 153 Å². The van der Waals surface area contributed by atoms with Gasteiger partial charge in [0, 0.05) is 17.5 Å². The predicted octanol–water partition coefficient (Wildman–Crippen LogP) is 3.17. The van der Waals surface area contributed by atoms with Crippen LogP contribution in [-0.2, 0) is 10.0 Å². The number of nitrogens with one attached hydrogen (secondary N) is 1. The molecule has 1 aromatic carbocycles. The van der Waals surface area contributed by atoms with Gasteiger partial charge in [-0.05, 0) is 41.8 Å². The minimum atomic E-state index is -4.08. The Bertz CT molecular complexity index is 983.